The molecular formula is C13H23N3O2. The molecule has 0 bridgehead atoms. The van der Waals surface area contributed by atoms with Crippen LogP contribution in [0.25, 0.3) is 0 Å². The molecule has 1 heterocycles. The number of likely N-dealkylation sites (N-methyl/N-ethyl adjacent to an activating group) is 1. The highest BCUT2D eigenvalue weighted by molar-refractivity contribution is 5.55. The van der Waals surface area contributed by atoms with E-state index in [0.29, 0.717) is 0 Å². The quantitative estimate of drug-likeness (QED) is 0.758. The average molecular weight is 253 g/mol. The molecule has 1 N–H and O–H groups in total. The van der Waals surface area contributed by atoms with Gasteiger partial charge in [0.1, 0.15) is 0 Å². The van der Waals surface area contributed by atoms with E-state index in [4.69, 9.17) is 9.47 Å². The molecule has 0 aliphatic carbocycles. The Morgan fingerprint density at radius 3 is 2.78 bits per heavy atom. The van der Waals surface area contributed by atoms with Crippen LogP contribution in [-0.4, -0.2) is 57.4 Å². The number of aryl methyl sites for hydroxylation is 1. The Morgan fingerprint density at radius 1 is 1.33 bits per heavy atom. The number of hydrogen-bond acceptors (Lipinski definition) is 5. The molecule has 0 saturated heterocycles. The molecule has 0 aliphatic rings. The van der Waals surface area contributed by atoms with Gasteiger partial charge < -0.3 is 19.7 Å². The van der Waals surface area contributed by atoms with Crippen LogP contribution in [0.15, 0.2) is 12.3 Å². The maximum absolute atomic E-state index is 5.26. The van der Waals surface area contributed by atoms with E-state index < -0.39 is 0 Å². The summed E-state index contributed by atoms with van der Waals surface area (Å²) in [4.78, 5) is 6.42. The molecule has 0 radical (unpaired) electrons. The van der Waals surface area contributed by atoms with Crippen molar-refractivity contribution >= 4 is 5.69 Å². The van der Waals surface area contributed by atoms with Crippen molar-refractivity contribution in [3.8, 4) is 5.75 Å². The second kappa shape index (κ2) is 7.89. The molecule has 0 unspecified atom stereocenters. The van der Waals surface area contributed by atoms with Crippen molar-refractivity contribution in [3.63, 3.8) is 0 Å². The third-order valence-corrected chi connectivity index (χ3v) is 2.71. The Bertz CT molecular complexity index is 358. The van der Waals surface area contributed by atoms with Gasteiger partial charge in [0.25, 0.3) is 0 Å². The Morgan fingerprint density at radius 2 is 2.11 bits per heavy atom. The summed E-state index contributed by atoms with van der Waals surface area (Å²) >= 11 is 0. The van der Waals surface area contributed by atoms with Gasteiger partial charge in [-0.2, -0.15) is 0 Å². The Labute approximate surface area is 109 Å². The van der Waals surface area contributed by atoms with Crippen LogP contribution in [0.4, 0.5) is 5.69 Å². The van der Waals surface area contributed by atoms with Crippen molar-refractivity contribution in [2.45, 2.75) is 6.92 Å². The van der Waals surface area contributed by atoms with Gasteiger partial charge in [0.15, 0.2) is 5.75 Å². The molecule has 0 fully saturated rings. The van der Waals surface area contributed by atoms with Crippen LogP contribution >= 0.6 is 0 Å². The largest absolute Gasteiger partial charge is 0.493 e. The third kappa shape index (κ3) is 4.89. The topological polar surface area (TPSA) is 46.6 Å². The van der Waals surface area contributed by atoms with Gasteiger partial charge in [-0.25, -0.2) is 0 Å². The van der Waals surface area contributed by atoms with E-state index in [2.05, 4.69) is 22.2 Å². The Hall–Kier alpha value is -1.33. The standard InChI is InChI=1S/C13H23N3O2/c1-11-9-12(13(18-4)10-15-11)14-5-6-16(2)7-8-17-3/h9-10H,5-8H2,1-4H3,(H,14,15). The maximum atomic E-state index is 5.26. The molecule has 1 aromatic rings. The first kappa shape index (κ1) is 14.7. The van der Waals surface area contributed by atoms with Gasteiger partial charge in [-0.3, -0.25) is 4.98 Å². The molecule has 0 saturated carbocycles. The number of methoxy groups -OCH3 is 2. The molecule has 0 aliphatic heterocycles. The van der Waals surface area contributed by atoms with Crippen molar-refractivity contribution in [1.82, 2.24) is 9.88 Å². The third-order valence-electron chi connectivity index (χ3n) is 2.71. The highest BCUT2D eigenvalue weighted by Gasteiger charge is 2.04. The first-order valence-corrected chi connectivity index (χ1v) is 6.09. The lowest BCUT2D eigenvalue weighted by molar-refractivity contribution is 0.163. The highest BCUT2D eigenvalue weighted by Crippen LogP contribution is 2.22. The number of pyridine rings is 1. The van der Waals surface area contributed by atoms with Gasteiger partial charge >= 0.3 is 0 Å². The van der Waals surface area contributed by atoms with Crippen molar-refractivity contribution in [1.29, 1.82) is 0 Å². The molecule has 1 rings (SSSR count). The summed E-state index contributed by atoms with van der Waals surface area (Å²) in [6, 6.07) is 1.99. The lowest BCUT2D eigenvalue weighted by atomic mass is 10.3. The minimum atomic E-state index is 0.758. The fourth-order valence-corrected chi connectivity index (χ4v) is 1.59. The van der Waals surface area contributed by atoms with Gasteiger partial charge in [-0.15, -0.1) is 0 Å². The molecule has 102 valence electrons. The number of nitrogens with zero attached hydrogens (tertiary/aromatic N) is 2. The van der Waals surface area contributed by atoms with E-state index in [1.54, 1.807) is 20.4 Å². The first-order valence-electron chi connectivity index (χ1n) is 6.09. The van der Waals surface area contributed by atoms with Crippen molar-refractivity contribution in [3.05, 3.63) is 18.0 Å². The molecule has 0 atom stereocenters. The SMILES string of the molecule is COCCN(C)CCNc1cc(C)ncc1OC. The maximum Gasteiger partial charge on any atom is 0.160 e. The minimum Gasteiger partial charge on any atom is -0.493 e. The van der Waals surface area contributed by atoms with Crippen LogP contribution in [0.1, 0.15) is 5.69 Å². The summed E-state index contributed by atoms with van der Waals surface area (Å²) in [5.41, 5.74) is 1.97. The zero-order valence-electron chi connectivity index (χ0n) is 11.7. The second-order valence-corrected chi connectivity index (χ2v) is 4.25. The fraction of sp³-hybridized carbons (Fsp3) is 0.615. The van der Waals surface area contributed by atoms with E-state index in [1.165, 1.54) is 0 Å². The predicted molar refractivity (Wildman–Crippen MR) is 73.4 cm³/mol. The summed E-state index contributed by atoms with van der Waals surface area (Å²) in [6.45, 7) is 5.47. The van der Waals surface area contributed by atoms with Gasteiger partial charge in [0.05, 0.1) is 25.6 Å². The molecule has 0 amide bonds. The minimum absolute atomic E-state index is 0.758. The van der Waals surface area contributed by atoms with Crippen LogP contribution in [0.3, 0.4) is 0 Å². The van der Waals surface area contributed by atoms with Gasteiger partial charge in [-0.1, -0.05) is 0 Å². The molecule has 5 nitrogen and oxygen atoms in total. The predicted octanol–water partition coefficient (Wildman–Crippen LogP) is 1.39. The van der Waals surface area contributed by atoms with Gasteiger partial charge in [0, 0.05) is 32.4 Å². The number of ether oxygens (including phenoxy) is 2. The summed E-state index contributed by atoms with van der Waals surface area (Å²) in [6.07, 6.45) is 1.74. The van der Waals surface area contributed by atoms with Crippen LogP contribution in [-0.2, 0) is 4.74 Å². The van der Waals surface area contributed by atoms with Crippen LogP contribution in [0, 0.1) is 6.92 Å². The number of hydrogen-bond donors (Lipinski definition) is 1. The zero-order valence-corrected chi connectivity index (χ0v) is 11.7. The number of aromatic nitrogens is 1. The first-order chi connectivity index (χ1) is 8.67. The summed E-state index contributed by atoms with van der Waals surface area (Å²) < 4.78 is 10.3. The highest BCUT2D eigenvalue weighted by atomic mass is 16.5. The van der Waals surface area contributed by atoms with E-state index in [9.17, 15) is 0 Å². The molecule has 18 heavy (non-hydrogen) atoms. The van der Waals surface area contributed by atoms with Crippen LogP contribution < -0.4 is 10.1 Å². The number of rotatable bonds is 8. The summed E-state index contributed by atoms with van der Waals surface area (Å²) in [7, 11) is 5.45. The molecule has 0 aromatic carbocycles. The molecule has 1 aromatic heterocycles. The van der Waals surface area contributed by atoms with Gasteiger partial charge in [-0.05, 0) is 20.0 Å². The van der Waals surface area contributed by atoms with Gasteiger partial charge in [0.2, 0.25) is 0 Å². The summed E-state index contributed by atoms with van der Waals surface area (Å²) in [5.74, 6) is 0.778. The number of nitrogens with one attached hydrogen (secondary N) is 1. The van der Waals surface area contributed by atoms with Crippen LogP contribution in [0.2, 0.25) is 0 Å². The zero-order chi connectivity index (χ0) is 13.4. The van der Waals surface area contributed by atoms with Crippen LogP contribution in [0.5, 0.6) is 5.75 Å². The van der Waals surface area contributed by atoms with Crippen molar-refractivity contribution in [2.75, 3.05) is 52.8 Å². The second-order valence-electron chi connectivity index (χ2n) is 4.25. The van der Waals surface area contributed by atoms with E-state index >= 15 is 0 Å². The normalized spacial score (nSPS) is 10.7. The van der Waals surface area contributed by atoms with E-state index in [0.717, 1.165) is 43.4 Å². The monoisotopic (exact) mass is 253 g/mol. The number of anilines is 1. The lowest BCUT2D eigenvalue weighted by Gasteiger charge is -2.17. The molecule has 5 heteroatoms. The van der Waals surface area contributed by atoms with E-state index in [-0.39, 0.29) is 0 Å². The van der Waals surface area contributed by atoms with E-state index in [1.807, 2.05) is 13.0 Å². The summed E-state index contributed by atoms with van der Waals surface area (Å²) in [5, 5.41) is 3.36. The molecule has 0 spiro atoms. The lowest BCUT2D eigenvalue weighted by Crippen LogP contribution is -2.28. The fourth-order valence-electron chi connectivity index (χ4n) is 1.59. The average Bonchev–Trinajstić information content (AvgIpc) is 2.36. The Balaban J connectivity index is 2.40. The Kier molecular flexibility index (Phi) is 6.46. The van der Waals surface area contributed by atoms with Crippen molar-refractivity contribution < 1.29 is 9.47 Å². The molecular weight excluding hydrogens is 230 g/mol. The van der Waals surface area contributed by atoms with Crippen molar-refractivity contribution in [2.24, 2.45) is 0 Å². The smallest absolute Gasteiger partial charge is 0.160 e.